The minimum atomic E-state index is 0.681. The number of hydrogen-bond donors (Lipinski definition) is 0. The Hall–Kier alpha value is 0.0200. The van der Waals surface area contributed by atoms with Crippen molar-refractivity contribution in [3.8, 4) is 0 Å². The second kappa shape index (κ2) is 2.33. The smallest absolute Gasteiger partial charge is 0.120 e. The standard InChI is InChI=1S/C7H9NS/c1-2-8-3-7-5-9-4-6(1)7/h2,6-7H,1,4-5H2. The monoisotopic (exact) mass is 139 g/mol. The van der Waals surface area contributed by atoms with Crippen molar-refractivity contribution < 1.29 is 0 Å². The summed E-state index contributed by atoms with van der Waals surface area (Å²) in [5.74, 6) is 4.12. The molecule has 0 bridgehead atoms. The van der Waals surface area contributed by atoms with Gasteiger partial charge in [0.1, 0.15) is 6.54 Å². The van der Waals surface area contributed by atoms with Crippen molar-refractivity contribution in [2.45, 2.75) is 6.42 Å². The summed E-state index contributed by atoms with van der Waals surface area (Å²) in [6.07, 6.45) is 3.18. The maximum absolute atomic E-state index is 4.03. The first-order valence-corrected chi connectivity index (χ1v) is 4.47. The lowest BCUT2D eigenvalue weighted by atomic mass is 9.92. The Morgan fingerprint density at radius 1 is 1.56 bits per heavy atom. The van der Waals surface area contributed by atoms with Gasteiger partial charge in [0.05, 0.1) is 0 Å². The summed E-state index contributed by atoms with van der Waals surface area (Å²) in [6, 6.07) is 0. The summed E-state index contributed by atoms with van der Waals surface area (Å²) in [4.78, 5) is 4.03. The van der Waals surface area contributed by atoms with Crippen molar-refractivity contribution in [2.75, 3.05) is 11.5 Å². The van der Waals surface area contributed by atoms with E-state index in [4.69, 9.17) is 0 Å². The quantitative estimate of drug-likeness (QED) is 0.495. The van der Waals surface area contributed by atoms with Gasteiger partial charge >= 0.3 is 0 Å². The van der Waals surface area contributed by atoms with Crippen LogP contribution in [0, 0.1) is 18.4 Å². The maximum Gasteiger partial charge on any atom is 0.120 e. The number of thioether (sulfide) groups is 1. The zero-order chi connectivity index (χ0) is 6.10. The third-order valence-corrected chi connectivity index (χ3v) is 3.20. The molecule has 2 heteroatoms. The van der Waals surface area contributed by atoms with E-state index in [-0.39, 0.29) is 0 Å². The van der Waals surface area contributed by atoms with Crippen molar-refractivity contribution in [3.05, 3.63) is 6.54 Å². The van der Waals surface area contributed by atoms with Crippen LogP contribution in [0.3, 0.4) is 0 Å². The predicted molar refractivity (Wildman–Crippen MR) is 40.7 cm³/mol. The molecule has 2 unspecified atom stereocenters. The lowest BCUT2D eigenvalue weighted by Gasteiger charge is -2.16. The third kappa shape index (κ3) is 1.00. The largest absolute Gasteiger partial charge is 0.285 e. The molecule has 2 heterocycles. The number of hydrogen-bond acceptors (Lipinski definition) is 2. The maximum atomic E-state index is 4.03. The highest BCUT2D eigenvalue weighted by atomic mass is 32.2. The molecule has 0 amide bonds. The Bertz CT molecular complexity index is 119. The Kier molecular flexibility index (Phi) is 1.50. The zero-order valence-corrected chi connectivity index (χ0v) is 6.03. The van der Waals surface area contributed by atoms with Crippen LogP contribution in [-0.2, 0) is 0 Å². The van der Waals surface area contributed by atoms with Crippen molar-refractivity contribution >= 4 is 18.0 Å². The average molecular weight is 139 g/mol. The SMILES string of the molecule is [C]1N=CCC2CSCC12. The minimum absolute atomic E-state index is 0.681. The first-order valence-electron chi connectivity index (χ1n) is 3.31. The van der Waals surface area contributed by atoms with Gasteiger partial charge in [0.2, 0.25) is 0 Å². The molecule has 2 radical (unpaired) electrons. The summed E-state index contributed by atoms with van der Waals surface area (Å²) in [5.41, 5.74) is 0. The topological polar surface area (TPSA) is 12.4 Å². The minimum Gasteiger partial charge on any atom is -0.285 e. The van der Waals surface area contributed by atoms with E-state index in [1.807, 2.05) is 18.0 Å². The van der Waals surface area contributed by atoms with Crippen LogP contribution in [0.1, 0.15) is 6.42 Å². The highest BCUT2D eigenvalue weighted by Gasteiger charge is 2.29. The molecule has 0 N–H and O–H groups in total. The van der Waals surface area contributed by atoms with Gasteiger partial charge in [-0.25, -0.2) is 0 Å². The van der Waals surface area contributed by atoms with Crippen molar-refractivity contribution in [2.24, 2.45) is 16.8 Å². The molecule has 48 valence electrons. The normalized spacial score (nSPS) is 40.9. The van der Waals surface area contributed by atoms with Crippen molar-refractivity contribution in [1.82, 2.24) is 0 Å². The van der Waals surface area contributed by atoms with Gasteiger partial charge in [-0.1, -0.05) is 0 Å². The highest BCUT2D eigenvalue weighted by Crippen LogP contribution is 2.35. The summed E-state index contributed by atoms with van der Waals surface area (Å²) < 4.78 is 0. The fourth-order valence-corrected chi connectivity index (χ4v) is 2.72. The van der Waals surface area contributed by atoms with Crippen LogP contribution in [0.4, 0.5) is 0 Å². The van der Waals surface area contributed by atoms with Crippen LogP contribution in [0.15, 0.2) is 4.99 Å². The molecule has 9 heavy (non-hydrogen) atoms. The Labute approximate surface area is 59.9 Å². The van der Waals surface area contributed by atoms with Gasteiger partial charge < -0.3 is 0 Å². The molecular weight excluding hydrogens is 130 g/mol. The number of fused-ring (bicyclic) bond motifs is 1. The van der Waals surface area contributed by atoms with E-state index in [2.05, 4.69) is 11.5 Å². The number of rotatable bonds is 0. The highest BCUT2D eigenvalue weighted by molar-refractivity contribution is 7.99. The van der Waals surface area contributed by atoms with Crippen LogP contribution < -0.4 is 0 Å². The third-order valence-electron chi connectivity index (χ3n) is 1.94. The van der Waals surface area contributed by atoms with Gasteiger partial charge in [0, 0.05) is 5.92 Å². The van der Waals surface area contributed by atoms with Gasteiger partial charge in [-0.3, -0.25) is 4.99 Å². The molecule has 0 aromatic rings. The van der Waals surface area contributed by atoms with Crippen LogP contribution in [0.2, 0.25) is 0 Å². The summed E-state index contributed by atoms with van der Waals surface area (Å²) in [6.45, 7) is 3.13. The summed E-state index contributed by atoms with van der Waals surface area (Å²) >= 11 is 2.04. The molecule has 1 nitrogen and oxygen atoms in total. The van der Waals surface area contributed by atoms with E-state index in [1.165, 1.54) is 17.9 Å². The van der Waals surface area contributed by atoms with Crippen LogP contribution in [0.25, 0.3) is 0 Å². The fourth-order valence-electron chi connectivity index (χ4n) is 1.31. The Morgan fingerprint density at radius 2 is 2.56 bits per heavy atom. The molecule has 1 saturated heterocycles. The second-order valence-corrected chi connectivity index (χ2v) is 3.66. The van der Waals surface area contributed by atoms with E-state index >= 15 is 0 Å². The lowest BCUT2D eigenvalue weighted by molar-refractivity contribution is 0.471. The van der Waals surface area contributed by atoms with Gasteiger partial charge in [-0.15, -0.1) is 0 Å². The molecule has 0 spiro atoms. The summed E-state index contributed by atoms with van der Waals surface area (Å²) in [5, 5.41) is 0. The second-order valence-electron chi connectivity index (χ2n) is 2.58. The van der Waals surface area contributed by atoms with E-state index in [1.54, 1.807) is 0 Å². The molecule has 0 aliphatic carbocycles. The first kappa shape index (κ1) is 5.78. The van der Waals surface area contributed by atoms with E-state index in [9.17, 15) is 0 Å². The molecular formula is C7H9NS. The van der Waals surface area contributed by atoms with Crippen LogP contribution in [-0.4, -0.2) is 17.7 Å². The van der Waals surface area contributed by atoms with E-state index in [0.717, 1.165) is 5.92 Å². The molecule has 2 aliphatic rings. The molecule has 2 rings (SSSR count). The fraction of sp³-hybridized carbons (Fsp3) is 0.714. The molecule has 0 aromatic carbocycles. The van der Waals surface area contributed by atoms with E-state index < -0.39 is 0 Å². The first-order chi connectivity index (χ1) is 4.47. The average Bonchev–Trinajstić information content (AvgIpc) is 2.33. The Morgan fingerprint density at radius 3 is 3.44 bits per heavy atom. The van der Waals surface area contributed by atoms with Gasteiger partial charge in [-0.05, 0) is 30.1 Å². The van der Waals surface area contributed by atoms with Crippen molar-refractivity contribution in [3.63, 3.8) is 0 Å². The van der Waals surface area contributed by atoms with Gasteiger partial charge in [0.15, 0.2) is 0 Å². The van der Waals surface area contributed by atoms with Crippen LogP contribution in [0.5, 0.6) is 0 Å². The van der Waals surface area contributed by atoms with Gasteiger partial charge in [0.25, 0.3) is 0 Å². The molecule has 2 aliphatic heterocycles. The predicted octanol–water partition coefficient (Wildman–Crippen LogP) is 1.48. The lowest BCUT2D eigenvalue weighted by Crippen LogP contribution is -2.16. The zero-order valence-electron chi connectivity index (χ0n) is 5.21. The summed E-state index contributed by atoms with van der Waals surface area (Å²) in [7, 11) is 0. The molecule has 0 saturated carbocycles. The van der Waals surface area contributed by atoms with Gasteiger partial charge in [-0.2, -0.15) is 11.8 Å². The number of aliphatic imine (C=N–C) groups is 1. The van der Waals surface area contributed by atoms with Crippen LogP contribution >= 0.6 is 11.8 Å². The molecule has 0 aromatic heterocycles. The Balaban J connectivity index is 2.07. The molecule has 1 fully saturated rings. The number of nitrogens with zero attached hydrogens (tertiary/aromatic N) is 1. The molecule has 2 atom stereocenters. The van der Waals surface area contributed by atoms with Crippen molar-refractivity contribution in [1.29, 1.82) is 0 Å². The van der Waals surface area contributed by atoms with E-state index in [0.29, 0.717) is 5.92 Å².